The normalized spacial score (nSPS) is 47.1. The quantitative estimate of drug-likeness (QED) is 0.482. The highest BCUT2D eigenvalue weighted by atomic mass is 14.4. The van der Waals surface area contributed by atoms with Crippen LogP contribution in [0.15, 0.2) is 0 Å². The van der Waals surface area contributed by atoms with Crippen molar-refractivity contribution >= 4 is 0 Å². The van der Waals surface area contributed by atoms with E-state index in [0.29, 0.717) is 0 Å². The van der Waals surface area contributed by atoms with Crippen LogP contribution in [0.4, 0.5) is 0 Å². The minimum atomic E-state index is 1.06. The molecule has 58 valence electrons. The molecule has 0 saturated heterocycles. The Morgan fingerprint density at radius 1 is 1.00 bits per heavy atom. The lowest BCUT2D eigenvalue weighted by molar-refractivity contribution is 0.220. The molecule has 0 nitrogen and oxygen atoms in total. The first-order valence-corrected chi connectivity index (χ1v) is 4.86. The second kappa shape index (κ2) is 2.56. The first-order chi connectivity index (χ1) is 4.86. The number of hydrogen-bond donors (Lipinski definition) is 0. The summed E-state index contributed by atoms with van der Waals surface area (Å²) in [5.41, 5.74) is 0. The van der Waals surface area contributed by atoms with E-state index in [4.69, 9.17) is 0 Å². The van der Waals surface area contributed by atoms with Crippen LogP contribution < -0.4 is 0 Å². The summed E-state index contributed by atoms with van der Waals surface area (Å²) in [6.45, 7) is 2.46. The lowest BCUT2D eigenvalue weighted by Crippen LogP contribution is -2.18. The van der Waals surface area contributed by atoms with E-state index in [0.717, 1.165) is 17.8 Å². The molecule has 3 aliphatic rings. The zero-order valence-corrected chi connectivity index (χ0v) is 6.97. The fourth-order valence-corrected chi connectivity index (χ4v) is 2.93. The van der Waals surface area contributed by atoms with Gasteiger partial charge < -0.3 is 0 Å². The van der Waals surface area contributed by atoms with Crippen LogP contribution in [0.2, 0.25) is 0 Å². The van der Waals surface area contributed by atoms with E-state index in [2.05, 4.69) is 6.92 Å². The van der Waals surface area contributed by atoms with Crippen LogP contribution in [-0.2, 0) is 0 Å². The van der Waals surface area contributed by atoms with Crippen molar-refractivity contribution in [2.45, 2.75) is 45.4 Å². The Bertz CT molecular complexity index is 113. The molecule has 0 N–H and O–H groups in total. The van der Waals surface area contributed by atoms with Crippen molar-refractivity contribution in [3.63, 3.8) is 0 Å². The van der Waals surface area contributed by atoms with Crippen LogP contribution >= 0.6 is 0 Å². The molecule has 0 aromatic rings. The lowest BCUT2D eigenvalue weighted by Gasteiger charge is -2.29. The first kappa shape index (κ1) is 6.69. The van der Waals surface area contributed by atoms with Gasteiger partial charge in [-0.3, -0.25) is 0 Å². The maximum atomic E-state index is 2.46. The van der Waals surface area contributed by atoms with Gasteiger partial charge in [-0.1, -0.05) is 32.6 Å². The predicted molar refractivity (Wildman–Crippen MR) is 43.8 cm³/mol. The van der Waals surface area contributed by atoms with Crippen molar-refractivity contribution in [1.29, 1.82) is 0 Å². The topological polar surface area (TPSA) is 0 Å². The third kappa shape index (κ3) is 1.09. The fourth-order valence-electron chi connectivity index (χ4n) is 2.93. The van der Waals surface area contributed by atoms with E-state index in [1.807, 2.05) is 0 Å². The fraction of sp³-hybridized carbons (Fsp3) is 1.00. The van der Waals surface area contributed by atoms with Gasteiger partial charge in [-0.15, -0.1) is 0 Å². The molecule has 3 fully saturated rings. The van der Waals surface area contributed by atoms with E-state index in [1.54, 1.807) is 25.7 Å². The minimum Gasteiger partial charge on any atom is -0.0622 e. The van der Waals surface area contributed by atoms with Crippen LogP contribution in [0.25, 0.3) is 0 Å². The van der Waals surface area contributed by atoms with Gasteiger partial charge in [0.2, 0.25) is 0 Å². The summed E-state index contributed by atoms with van der Waals surface area (Å²) in [5.74, 6) is 3.29. The lowest BCUT2D eigenvalue weighted by atomic mass is 9.77. The average molecular weight is 138 g/mol. The zero-order valence-electron chi connectivity index (χ0n) is 6.97. The molecule has 2 unspecified atom stereocenters. The summed E-state index contributed by atoms with van der Waals surface area (Å²) in [5, 5.41) is 0. The molecule has 2 bridgehead atoms. The first-order valence-electron chi connectivity index (χ1n) is 4.86. The van der Waals surface area contributed by atoms with Crippen LogP contribution in [0.5, 0.6) is 0 Å². The zero-order chi connectivity index (χ0) is 6.97. The Balaban J connectivity index is 2.07. The molecule has 10 heavy (non-hydrogen) atoms. The third-order valence-corrected chi connectivity index (χ3v) is 3.64. The van der Waals surface area contributed by atoms with E-state index in [1.165, 1.54) is 12.8 Å². The second-order valence-electron chi connectivity index (χ2n) is 4.35. The molecular weight excluding hydrogens is 120 g/mol. The van der Waals surface area contributed by atoms with E-state index in [-0.39, 0.29) is 0 Å². The Morgan fingerprint density at radius 3 is 2.70 bits per heavy atom. The van der Waals surface area contributed by atoms with Gasteiger partial charge in [0.05, 0.1) is 0 Å². The van der Waals surface area contributed by atoms with Crippen molar-refractivity contribution in [2.75, 3.05) is 0 Å². The van der Waals surface area contributed by atoms with Gasteiger partial charge >= 0.3 is 0 Å². The maximum absolute atomic E-state index is 2.46. The summed E-state index contributed by atoms with van der Waals surface area (Å²) in [6, 6.07) is 0. The molecule has 0 heteroatoms. The van der Waals surface area contributed by atoms with Crippen molar-refractivity contribution in [3.8, 4) is 0 Å². The largest absolute Gasteiger partial charge is 0.0622 e. The van der Waals surface area contributed by atoms with Crippen molar-refractivity contribution in [2.24, 2.45) is 17.8 Å². The molecule has 3 aliphatic carbocycles. The van der Waals surface area contributed by atoms with Gasteiger partial charge in [-0.2, -0.15) is 0 Å². The minimum absolute atomic E-state index is 1.06. The van der Waals surface area contributed by atoms with E-state index < -0.39 is 0 Å². The van der Waals surface area contributed by atoms with Gasteiger partial charge in [-0.05, 0) is 30.6 Å². The molecule has 0 aromatic heterocycles. The maximum Gasteiger partial charge on any atom is -0.0388 e. The van der Waals surface area contributed by atoms with Gasteiger partial charge in [0.25, 0.3) is 0 Å². The molecule has 0 spiro atoms. The molecule has 0 amide bonds. The molecular formula is C10H18. The Hall–Kier alpha value is 0. The van der Waals surface area contributed by atoms with Crippen molar-refractivity contribution < 1.29 is 0 Å². The van der Waals surface area contributed by atoms with E-state index >= 15 is 0 Å². The highest BCUT2D eigenvalue weighted by molar-refractivity contribution is 4.81. The highest BCUT2D eigenvalue weighted by Gasteiger charge is 2.29. The second-order valence-corrected chi connectivity index (χ2v) is 4.35. The summed E-state index contributed by atoms with van der Waals surface area (Å²) in [7, 11) is 0. The van der Waals surface area contributed by atoms with Crippen LogP contribution in [0.3, 0.4) is 0 Å². The van der Waals surface area contributed by atoms with E-state index in [9.17, 15) is 0 Å². The third-order valence-electron chi connectivity index (χ3n) is 3.64. The Morgan fingerprint density at radius 2 is 1.90 bits per heavy atom. The number of rotatable bonds is 0. The van der Waals surface area contributed by atoms with Crippen LogP contribution in [0, 0.1) is 17.8 Å². The van der Waals surface area contributed by atoms with Gasteiger partial charge in [0.1, 0.15) is 0 Å². The average Bonchev–Trinajstić information content (AvgIpc) is 2.20. The van der Waals surface area contributed by atoms with Crippen LogP contribution in [-0.4, -0.2) is 0 Å². The summed E-state index contributed by atoms with van der Waals surface area (Å²) >= 11 is 0. The van der Waals surface area contributed by atoms with Crippen LogP contribution in [0.1, 0.15) is 45.4 Å². The highest BCUT2D eigenvalue weighted by Crippen LogP contribution is 2.42. The predicted octanol–water partition coefficient (Wildman–Crippen LogP) is 3.22. The number of hydrogen-bond acceptors (Lipinski definition) is 0. The standard InChI is InChI=1S/C10H18/c1-8-7-9-3-2-4-10(8)6-5-9/h8-10H,2-7H2,1H3/t8-,9?,10?/m0/s1. The van der Waals surface area contributed by atoms with Gasteiger partial charge in [0, 0.05) is 0 Å². The SMILES string of the molecule is C[C@H]1CC2CCCC1CC2. The smallest absolute Gasteiger partial charge is 0.0388 e. The van der Waals surface area contributed by atoms with Gasteiger partial charge in [-0.25, -0.2) is 0 Å². The van der Waals surface area contributed by atoms with Gasteiger partial charge in [0.15, 0.2) is 0 Å². The number of fused-ring (bicyclic) bond motifs is 4. The molecule has 3 saturated carbocycles. The summed E-state index contributed by atoms with van der Waals surface area (Å²) < 4.78 is 0. The van der Waals surface area contributed by atoms with Crippen molar-refractivity contribution in [3.05, 3.63) is 0 Å². The Labute approximate surface area is 64.0 Å². The molecule has 0 aromatic carbocycles. The molecule has 3 rings (SSSR count). The summed E-state index contributed by atoms with van der Waals surface area (Å²) in [6.07, 6.45) is 9.25. The molecule has 0 aliphatic heterocycles. The molecule has 0 heterocycles. The van der Waals surface area contributed by atoms with Crippen molar-refractivity contribution in [1.82, 2.24) is 0 Å². The summed E-state index contributed by atoms with van der Waals surface area (Å²) in [4.78, 5) is 0. The Kier molecular flexibility index (Phi) is 1.71. The molecule has 3 atom stereocenters. The monoisotopic (exact) mass is 138 g/mol. The molecule has 0 radical (unpaired) electrons.